The fraction of sp³-hybridized carbons (Fsp3) is 0.188. The SMILES string of the molecule is C[C@@]1(c2cc(F)ccc2F)NC(=O)N(CC(=O)c2ccc(Cl)s2)C1=O. The van der Waals surface area contributed by atoms with E-state index in [4.69, 9.17) is 11.6 Å². The summed E-state index contributed by atoms with van der Waals surface area (Å²) in [6.45, 7) is 0.742. The van der Waals surface area contributed by atoms with Crippen molar-refractivity contribution in [2.45, 2.75) is 12.5 Å². The van der Waals surface area contributed by atoms with E-state index in [-0.39, 0.29) is 10.4 Å². The van der Waals surface area contributed by atoms with Crippen molar-refractivity contribution in [2.24, 2.45) is 0 Å². The average Bonchev–Trinajstić information content (AvgIpc) is 3.07. The van der Waals surface area contributed by atoms with Gasteiger partial charge in [-0.15, -0.1) is 11.3 Å². The minimum atomic E-state index is -1.79. The Hall–Kier alpha value is -2.32. The molecular weight excluding hydrogens is 374 g/mol. The fourth-order valence-corrected chi connectivity index (χ4v) is 3.56. The van der Waals surface area contributed by atoms with Crippen molar-refractivity contribution >= 4 is 40.7 Å². The summed E-state index contributed by atoms with van der Waals surface area (Å²) in [7, 11) is 0. The Bertz CT molecular complexity index is 901. The molecule has 0 aliphatic carbocycles. The zero-order chi connectivity index (χ0) is 18.4. The van der Waals surface area contributed by atoms with Gasteiger partial charge in [-0.25, -0.2) is 13.6 Å². The van der Waals surface area contributed by atoms with Crippen LogP contribution in [0.2, 0.25) is 4.34 Å². The molecule has 130 valence electrons. The largest absolute Gasteiger partial charge is 0.325 e. The van der Waals surface area contributed by atoms with Crippen molar-refractivity contribution in [3.63, 3.8) is 0 Å². The van der Waals surface area contributed by atoms with Crippen LogP contribution >= 0.6 is 22.9 Å². The minimum absolute atomic E-state index is 0.288. The first kappa shape index (κ1) is 17.5. The number of rotatable bonds is 4. The molecule has 2 heterocycles. The molecule has 9 heteroatoms. The number of hydrogen-bond acceptors (Lipinski definition) is 4. The molecule has 1 aromatic heterocycles. The van der Waals surface area contributed by atoms with Crippen LogP contribution in [0.15, 0.2) is 30.3 Å². The minimum Gasteiger partial charge on any atom is -0.319 e. The van der Waals surface area contributed by atoms with Crippen LogP contribution in [0.3, 0.4) is 0 Å². The van der Waals surface area contributed by atoms with Crippen molar-refractivity contribution in [1.29, 1.82) is 0 Å². The molecule has 1 saturated heterocycles. The second-order valence-electron chi connectivity index (χ2n) is 5.60. The van der Waals surface area contributed by atoms with Crippen LogP contribution in [-0.2, 0) is 10.3 Å². The summed E-state index contributed by atoms with van der Waals surface area (Å²) in [5.74, 6) is -2.90. The van der Waals surface area contributed by atoms with Gasteiger partial charge < -0.3 is 5.32 Å². The number of halogens is 3. The maximum Gasteiger partial charge on any atom is 0.325 e. The van der Waals surface area contributed by atoms with E-state index in [1.807, 2.05) is 0 Å². The number of carbonyl (C=O) groups excluding carboxylic acids is 3. The molecule has 0 unspecified atom stereocenters. The van der Waals surface area contributed by atoms with E-state index in [1.165, 1.54) is 19.1 Å². The van der Waals surface area contributed by atoms with Crippen molar-refractivity contribution in [3.8, 4) is 0 Å². The highest BCUT2D eigenvalue weighted by atomic mass is 35.5. The maximum absolute atomic E-state index is 14.1. The van der Waals surface area contributed by atoms with Gasteiger partial charge in [0.15, 0.2) is 5.78 Å². The predicted molar refractivity (Wildman–Crippen MR) is 87.6 cm³/mol. The van der Waals surface area contributed by atoms with Gasteiger partial charge in [-0.05, 0) is 37.3 Å². The van der Waals surface area contributed by atoms with E-state index in [0.29, 0.717) is 9.24 Å². The molecule has 1 aliphatic heterocycles. The Morgan fingerprint density at radius 2 is 2.00 bits per heavy atom. The summed E-state index contributed by atoms with van der Waals surface area (Å²) in [6.07, 6.45) is 0. The zero-order valence-corrected chi connectivity index (χ0v) is 14.4. The Morgan fingerprint density at radius 1 is 1.28 bits per heavy atom. The lowest BCUT2D eigenvalue weighted by Crippen LogP contribution is -2.42. The topological polar surface area (TPSA) is 66.5 Å². The van der Waals surface area contributed by atoms with E-state index < -0.39 is 41.4 Å². The van der Waals surface area contributed by atoms with Crippen molar-refractivity contribution in [3.05, 3.63) is 56.7 Å². The van der Waals surface area contributed by atoms with E-state index in [0.717, 1.165) is 29.5 Å². The second kappa shape index (κ2) is 6.20. The van der Waals surface area contributed by atoms with E-state index in [1.54, 1.807) is 0 Å². The van der Waals surface area contributed by atoms with Crippen LogP contribution in [0.25, 0.3) is 0 Å². The molecule has 1 aromatic carbocycles. The quantitative estimate of drug-likeness (QED) is 0.649. The molecule has 1 atom stereocenters. The summed E-state index contributed by atoms with van der Waals surface area (Å²) in [4.78, 5) is 38.0. The van der Waals surface area contributed by atoms with Crippen LogP contribution in [0, 0.1) is 11.6 Å². The summed E-state index contributed by atoms with van der Waals surface area (Å²) in [5.41, 5.74) is -2.10. The van der Waals surface area contributed by atoms with Gasteiger partial charge in [0.25, 0.3) is 5.91 Å². The number of imide groups is 1. The normalized spacial score (nSPS) is 20.1. The molecule has 3 amide bonds. The molecule has 2 aromatic rings. The smallest absolute Gasteiger partial charge is 0.319 e. The highest BCUT2D eigenvalue weighted by Crippen LogP contribution is 2.31. The van der Waals surface area contributed by atoms with E-state index in [2.05, 4.69) is 5.32 Å². The number of carbonyl (C=O) groups is 3. The molecule has 1 N–H and O–H groups in total. The third-order valence-electron chi connectivity index (χ3n) is 3.89. The first-order chi connectivity index (χ1) is 11.7. The second-order valence-corrected chi connectivity index (χ2v) is 7.31. The number of nitrogens with one attached hydrogen (secondary N) is 1. The van der Waals surface area contributed by atoms with Crippen LogP contribution in [0.1, 0.15) is 22.2 Å². The number of thiophene rings is 1. The standard InChI is InChI=1S/C16H11ClF2N2O3S/c1-16(9-6-8(18)2-3-10(9)19)14(23)21(15(24)20-16)7-11(22)12-4-5-13(17)25-12/h2-6H,7H2,1H3,(H,20,24)/t16-/m0/s1. The summed E-state index contributed by atoms with van der Waals surface area (Å²) < 4.78 is 27.9. The van der Waals surface area contributed by atoms with Crippen molar-refractivity contribution in [1.82, 2.24) is 10.2 Å². The molecule has 25 heavy (non-hydrogen) atoms. The highest BCUT2D eigenvalue weighted by Gasteiger charge is 2.50. The Kier molecular flexibility index (Phi) is 4.34. The first-order valence-electron chi connectivity index (χ1n) is 7.10. The Balaban J connectivity index is 1.89. The number of urea groups is 1. The van der Waals surface area contributed by atoms with Gasteiger partial charge in [-0.2, -0.15) is 0 Å². The number of nitrogens with zero attached hydrogens (tertiary/aromatic N) is 1. The molecule has 3 rings (SSSR count). The van der Waals surface area contributed by atoms with E-state index in [9.17, 15) is 23.2 Å². The monoisotopic (exact) mass is 384 g/mol. The van der Waals surface area contributed by atoms with Gasteiger partial charge in [0.1, 0.15) is 17.2 Å². The molecule has 5 nitrogen and oxygen atoms in total. The molecule has 0 saturated carbocycles. The van der Waals surface area contributed by atoms with Gasteiger partial charge in [0.05, 0.1) is 15.8 Å². The molecular formula is C16H11ClF2N2O3S. The van der Waals surface area contributed by atoms with E-state index >= 15 is 0 Å². The summed E-state index contributed by atoms with van der Waals surface area (Å²) >= 11 is 6.78. The van der Waals surface area contributed by atoms with Crippen LogP contribution in [0.5, 0.6) is 0 Å². The third-order valence-corrected chi connectivity index (χ3v) is 5.16. The van der Waals surface area contributed by atoms with Gasteiger partial charge in [0, 0.05) is 5.56 Å². The Morgan fingerprint density at radius 3 is 2.64 bits per heavy atom. The lowest BCUT2D eigenvalue weighted by Gasteiger charge is -2.22. The van der Waals surface area contributed by atoms with Crippen LogP contribution < -0.4 is 5.32 Å². The van der Waals surface area contributed by atoms with Gasteiger partial charge in [0.2, 0.25) is 0 Å². The van der Waals surface area contributed by atoms with Crippen molar-refractivity contribution in [2.75, 3.05) is 6.54 Å². The van der Waals surface area contributed by atoms with Gasteiger partial charge in [-0.1, -0.05) is 11.6 Å². The first-order valence-corrected chi connectivity index (χ1v) is 8.30. The zero-order valence-electron chi connectivity index (χ0n) is 12.8. The Labute approximate surface area is 150 Å². The van der Waals surface area contributed by atoms with Crippen LogP contribution in [0.4, 0.5) is 13.6 Å². The lowest BCUT2D eigenvalue weighted by atomic mass is 9.91. The molecule has 0 radical (unpaired) electrons. The predicted octanol–water partition coefficient (Wildman–Crippen LogP) is 3.33. The molecule has 1 fully saturated rings. The number of amides is 3. The molecule has 1 aliphatic rings. The highest BCUT2D eigenvalue weighted by molar-refractivity contribution is 7.18. The van der Waals surface area contributed by atoms with Gasteiger partial charge in [-0.3, -0.25) is 14.5 Å². The third kappa shape index (κ3) is 3.03. The van der Waals surface area contributed by atoms with Crippen LogP contribution in [-0.4, -0.2) is 29.2 Å². The van der Waals surface area contributed by atoms with Crippen molar-refractivity contribution < 1.29 is 23.2 Å². The number of benzene rings is 1. The lowest BCUT2D eigenvalue weighted by molar-refractivity contribution is -0.130. The molecule has 0 bridgehead atoms. The summed E-state index contributed by atoms with van der Waals surface area (Å²) in [6, 6.07) is 4.78. The number of hydrogen-bond donors (Lipinski definition) is 1. The number of ketones is 1. The number of Topliss-reactive ketones (excluding diaryl/α,β-unsaturated/α-hetero) is 1. The molecule has 0 spiro atoms. The maximum atomic E-state index is 14.1. The fourth-order valence-electron chi connectivity index (χ4n) is 2.59. The average molecular weight is 385 g/mol. The van der Waals surface area contributed by atoms with Gasteiger partial charge >= 0.3 is 6.03 Å². The summed E-state index contributed by atoms with van der Waals surface area (Å²) in [5, 5.41) is 2.33.